The zero-order chi connectivity index (χ0) is 25.0. The number of hydrogen-bond donors (Lipinski definition) is 0. The molecule has 6 rings (SSSR count). The van der Waals surface area contributed by atoms with Gasteiger partial charge in [0.2, 0.25) is 0 Å². The van der Waals surface area contributed by atoms with Crippen molar-refractivity contribution < 1.29 is 74.0 Å². The summed E-state index contributed by atoms with van der Waals surface area (Å²) in [5.41, 5.74) is 7.85. The molecule has 38 heavy (non-hydrogen) atoms. The van der Waals surface area contributed by atoms with Crippen LogP contribution in [0.15, 0.2) is 134 Å². The molecule has 4 nitrogen and oxygen atoms in total. The molecule has 0 saturated heterocycles. The van der Waals surface area contributed by atoms with Crippen molar-refractivity contribution in [3.05, 3.63) is 134 Å². The second-order valence-corrected chi connectivity index (χ2v) is 8.70. The van der Waals surface area contributed by atoms with Crippen LogP contribution in [-0.4, -0.2) is 15.0 Å². The Morgan fingerprint density at radius 3 is 1.66 bits per heavy atom. The van der Waals surface area contributed by atoms with Crippen molar-refractivity contribution in [3.8, 4) is 62.0 Å². The Labute approximate surface area is 280 Å². The van der Waals surface area contributed by atoms with Gasteiger partial charge in [-0.25, -0.2) is 9.97 Å². The number of pyridine rings is 1. The molecule has 2 heterocycles. The fourth-order valence-corrected chi connectivity index (χ4v) is 4.36. The van der Waals surface area contributed by atoms with Crippen molar-refractivity contribution in [2.24, 2.45) is 0 Å². The van der Waals surface area contributed by atoms with Gasteiger partial charge in [0.15, 0.2) is 5.82 Å². The van der Waals surface area contributed by atoms with Gasteiger partial charge in [0.05, 0.1) is 17.1 Å². The molecular weight excluding hydrogens is 587 g/mol. The summed E-state index contributed by atoms with van der Waals surface area (Å²) in [5, 5.41) is 12.6. The molecule has 4 aromatic carbocycles. The summed E-state index contributed by atoms with van der Waals surface area (Å²) < 4.78 is 0. The van der Waals surface area contributed by atoms with Crippen LogP contribution in [0.3, 0.4) is 0 Å². The smallest absolute Gasteiger partial charge is 0.872 e. The number of nitrogens with zero attached hydrogens (tertiary/aromatic N) is 3. The third-order valence-electron chi connectivity index (χ3n) is 6.24. The SMILES string of the molecule is [Cs+].[O-]c1ccc(-c2cccc(-c3nc(-c4ccccc4)cc(-c4ccccc4)n3)c2)cc1-c1ccccn1. The first kappa shape index (κ1) is 26.6. The summed E-state index contributed by atoms with van der Waals surface area (Å²) in [5.74, 6) is 0.595. The van der Waals surface area contributed by atoms with Gasteiger partial charge in [-0.3, -0.25) is 4.98 Å². The van der Waals surface area contributed by atoms with Crippen molar-refractivity contribution in [1.82, 2.24) is 15.0 Å². The van der Waals surface area contributed by atoms with Gasteiger partial charge in [-0.1, -0.05) is 103 Å². The van der Waals surface area contributed by atoms with E-state index in [2.05, 4.69) is 35.3 Å². The van der Waals surface area contributed by atoms with E-state index >= 15 is 0 Å². The van der Waals surface area contributed by atoms with Crippen LogP contribution in [0.1, 0.15) is 0 Å². The molecule has 0 atom stereocenters. The first-order valence-electron chi connectivity index (χ1n) is 12.1. The predicted octanol–water partition coefficient (Wildman–Crippen LogP) is 4.28. The molecule has 0 aliphatic rings. The standard InChI is InChI=1S/C33H23N3O.Cs/c37-32-18-17-26(21-28(32)29-16-7-8-19-34-29)25-14-9-15-27(20-25)33-35-30(23-10-3-1-4-11-23)22-31(36-33)24-12-5-2-6-13-24;/h1-22,37H;/q;+1/p-1. The van der Waals surface area contributed by atoms with Crippen LogP contribution in [-0.2, 0) is 0 Å². The van der Waals surface area contributed by atoms with Gasteiger partial charge in [0.1, 0.15) is 0 Å². The summed E-state index contributed by atoms with van der Waals surface area (Å²) in [7, 11) is 0. The van der Waals surface area contributed by atoms with Gasteiger partial charge in [0, 0.05) is 22.9 Å². The quantitative estimate of drug-likeness (QED) is 0.293. The van der Waals surface area contributed by atoms with Crippen LogP contribution in [0.25, 0.3) is 56.3 Å². The summed E-state index contributed by atoms with van der Waals surface area (Å²) in [6.07, 6.45) is 1.70. The number of aromatic nitrogens is 3. The summed E-state index contributed by atoms with van der Waals surface area (Å²) in [6, 6.07) is 41.4. The van der Waals surface area contributed by atoms with Crippen molar-refractivity contribution in [3.63, 3.8) is 0 Å². The van der Waals surface area contributed by atoms with Gasteiger partial charge in [-0.15, -0.1) is 0 Å². The average molecular weight is 609 g/mol. The molecular formula is C33H22CsN3O. The van der Waals surface area contributed by atoms with Gasteiger partial charge in [-0.05, 0) is 47.0 Å². The first-order chi connectivity index (χ1) is 18.2. The van der Waals surface area contributed by atoms with Gasteiger partial charge >= 0.3 is 68.9 Å². The molecule has 5 heteroatoms. The Morgan fingerprint density at radius 1 is 0.447 bits per heavy atom. The fraction of sp³-hybridized carbons (Fsp3) is 0. The maximum absolute atomic E-state index is 12.6. The van der Waals surface area contributed by atoms with E-state index in [0.717, 1.165) is 39.2 Å². The Bertz CT molecular complexity index is 1620. The van der Waals surface area contributed by atoms with E-state index in [1.54, 1.807) is 12.3 Å². The minimum Gasteiger partial charge on any atom is -0.872 e. The number of rotatable bonds is 5. The Morgan fingerprint density at radius 2 is 1.03 bits per heavy atom. The molecule has 2 aromatic heterocycles. The Kier molecular flexibility index (Phi) is 8.54. The molecule has 0 amide bonds. The molecule has 0 radical (unpaired) electrons. The van der Waals surface area contributed by atoms with Crippen molar-refractivity contribution >= 4 is 0 Å². The summed E-state index contributed by atoms with van der Waals surface area (Å²) >= 11 is 0. The van der Waals surface area contributed by atoms with E-state index in [1.807, 2.05) is 91.0 Å². The monoisotopic (exact) mass is 609 g/mol. The number of hydrogen-bond acceptors (Lipinski definition) is 4. The third kappa shape index (κ3) is 5.84. The fourth-order valence-electron chi connectivity index (χ4n) is 4.36. The van der Waals surface area contributed by atoms with Crippen LogP contribution < -0.4 is 74.0 Å². The molecule has 0 saturated carbocycles. The third-order valence-corrected chi connectivity index (χ3v) is 6.24. The van der Waals surface area contributed by atoms with E-state index < -0.39 is 0 Å². The second-order valence-electron chi connectivity index (χ2n) is 8.70. The van der Waals surface area contributed by atoms with Gasteiger partial charge in [-0.2, -0.15) is 0 Å². The minimum absolute atomic E-state index is 0. The van der Waals surface area contributed by atoms with E-state index in [9.17, 15) is 5.11 Å². The maximum Gasteiger partial charge on any atom is 1.00 e. The van der Waals surface area contributed by atoms with Crippen molar-refractivity contribution in [2.45, 2.75) is 0 Å². The molecule has 176 valence electrons. The van der Waals surface area contributed by atoms with Crippen LogP contribution in [0.4, 0.5) is 0 Å². The average Bonchev–Trinajstić information content (AvgIpc) is 2.98. The van der Waals surface area contributed by atoms with E-state index in [0.29, 0.717) is 17.1 Å². The zero-order valence-electron chi connectivity index (χ0n) is 21.0. The second kappa shape index (κ2) is 12.2. The Hall–Kier alpha value is -3.04. The van der Waals surface area contributed by atoms with Crippen LogP contribution in [0.2, 0.25) is 0 Å². The first-order valence-corrected chi connectivity index (χ1v) is 12.1. The molecule has 0 unspecified atom stereocenters. The minimum atomic E-state index is -0.0509. The Balaban J connectivity index is 0.00000294. The molecule has 0 bridgehead atoms. The number of benzene rings is 4. The van der Waals surface area contributed by atoms with Crippen molar-refractivity contribution in [1.29, 1.82) is 0 Å². The molecule has 0 fully saturated rings. The molecule has 0 spiro atoms. The molecule has 0 N–H and O–H groups in total. The normalized spacial score (nSPS) is 10.5. The van der Waals surface area contributed by atoms with Gasteiger partial charge < -0.3 is 5.11 Å². The van der Waals surface area contributed by atoms with E-state index in [1.165, 1.54) is 0 Å². The van der Waals surface area contributed by atoms with E-state index in [4.69, 9.17) is 9.97 Å². The zero-order valence-corrected chi connectivity index (χ0v) is 27.2. The molecule has 6 aromatic rings. The predicted molar refractivity (Wildman–Crippen MR) is 146 cm³/mol. The van der Waals surface area contributed by atoms with Crippen molar-refractivity contribution in [2.75, 3.05) is 0 Å². The van der Waals surface area contributed by atoms with Gasteiger partial charge in [0.25, 0.3) is 0 Å². The summed E-state index contributed by atoms with van der Waals surface area (Å²) in [6.45, 7) is 0. The topological polar surface area (TPSA) is 61.7 Å². The van der Waals surface area contributed by atoms with E-state index in [-0.39, 0.29) is 74.6 Å². The van der Waals surface area contributed by atoms with Crippen LogP contribution in [0, 0.1) is 0 Å². The maximum atomic E-state index is 12.6. The largest absolute Gasteiger partial charge is 1.00 e. The molecule has 0 aliphatic carbocycles. The molecule has 0 aliphatic heterocycles. The summed E-state index contributed by atoms with van der Waals surface area (Å²) in [4.78, 5) is 14.3. The van der Waals surface area contributed by atoms with Crippen LogP contribution >= 0.6 is 0 Å². The van der Waals surface area contributed by atoms with Crippen LogP contribution in [0.5, 0.6) is 5.75 Å².